The number of benzene rings is 1. The lowest BCUT2D eigenvalue weighted by Crippen LogP contribution is -2.00. The summed E-state index contributed by atoms with van der Waals surface area (Å²) in [5.74, 6) is 1.05. The minimum absolute atomic E-state index is 0.507. The Morgan fingerprint density at radius 3 is 1.95 bits per heavy atom. The molecule has 0 saturated carbocycles. The van der Waals surface area contributed by atoms with Crippen molar-refractivity contribution < 1.29 is 0 Å². The molecule has 20 heavy (non-hydrogen) atoms. The second-order valence-corrected chi connectivity index (χ2v) is 4.83. The van der Waals surface area contributed by atoms with E-state index in [4.69, 9.17) is 0 Å². The molecule has 0 spiro atoms. The highest BCUT2D eigenvalue weighted by Crippen LogP contribution is 2.31. The summed E-state index contributed by atoms with van der Waals surface area (Å²) < 4.78 is 0. The summed E-state index contributed by atoms with van der Waals surface area (Å²) in [4.78, 5) is 8.46. The van der Waals surface area contributed by atoms with Crippen LogP contribution in [-0.4, -0.2) is 9.97 Å². The number of fused-ring (bicyclic) bond motifs is 1. The topological polar surface area (TPSA) is 25.8 Å². The van der Waals surface area contributed by atoms with Crippen LogP contribution in [0.4, 0.5) is 0 Å². The maximum absolute atomic E-state index is 4.31. The monoisotopic (exact) mass is 274 g/mol. The van der Waals surface area contributed by atoms with Gasteiger partial charge in [0.2, 0.25) is 0 Å². The molecule has 1 aromatic heterocycles. The molecule has 0 aliphatic heterocycles. The Morgan fingerprint density at radius 2 is 1.45 bits per heavy atom. The molecule has 0 amide bonds. The van der Waals surface area contributed by atoms with Gasteiger partial charge in [-0.15, -0.1) is 0 Å². The van der Waals surface area contributed by atoms with Crippen molar-refractivity contribution >= 4 is 10.9 Å². The number of hydrogen-bond acceptors (Lipinski definition) is 2. The van der Waals surface area contributed by atoms with Gasteiger partial charge in [-0.2, -0.15) is 0 Å². The first kappa shape index (κ1) is 18.6. The van der Waals surface area contributed by atoms with Crippen molar-refractivity contribution in [3.63, 3.8) is 0 Å². The lowest BCUT2D eigenvalue weighted by atomic mass is 9.88. The first-order valence-electron chi connectivity index (χ1n) is 7.83. The van der Waals surface area contributed by atoms with E-state index < -0.39 is 0 Å². The zero-order chi connectivity index (χ0) is 15.7. The Morgan fingerprint density at radius 1 is 0.850 bits per heavy atom. The van der Waals surface area contributed by atoms with Crippen LogP contribution in [-0.2, 0) is 0 Å². The van der Waals surface area contributed by atoms with Crippen LogP contribution < -0.4 is 0 Å². The van der Waals surface area contributed by atoms with Crippen molar-refractivity contribution in [3.8, 4) is 0 Å². The molecule has 0 N–H and O–H groups in total. The van der Waals surface area contributed by atoms with Crippen molar-refractivity contribution in [2.45, 2.75) is 67.2 Å². The molecule has 2 nitrogen and oxygen atoms in total. The minimum atomic E-state index is 0.507. The van der Waals surface area contributed by atoms with Crippen LogP contribution in [0.1, 0.15) is 78.4 Å². The van der Waals surface area contributed by atoms with E-state index in [9.17, 15) is 0 Å². The van der Waals surface area contributed by atoms with Gasteiger partial charge < -0.3 is 0 Å². The molecule has 0 fully saturated rings. The second-order valence-electron chi connectivity index (χ2n) is 4.83. The Balaban J connectivity index is 0.000000829. The normalized spacial score (nSPS) is 9.90. The Bertz CT molecular complexity index is 502. The van der Waals surface area contributed by atoms with Crippen LogP contribution in [0, 0.1) is 0 Å². The third-order valence-electron chi connectivity index (χ3n) is 2.96. The summed E-state index contributed by atoms with van der Waals surface area (Å²) in [5.41, 5.74) is 3.86. The fraction of sp³-hybridized carbons (Fsp3) is 0.556. The minimum Gasteiger partial charge on any atom is -0.244 e. The van der Waals surface area contributed by atoms with Gasteiger partial charge in [0.1, 0.15) is 6.33 Å². The average molecular weight is 274 g/mol. The van der Waals surface area contributed by atoms with E-state index in [1.165, 1.54) is 16.5 Å². The van der Waals surface area contributed by atoms with Crippen LogP contribution in [0.2, 0.25) is 0 Å². The number of aromatic nitrogens is 2. The van der Waals surface area contributed by atoms with E-state index in [0.29, 0.717) is 11.8 Å². The van der Waals surface area contributed by atoms with Gasteiger partial charge in [-0.3, -0.25) is 0 Å². The van der Waals surface area contributed by atoms with Crippen molar-refractivity contribution in [2.24, 2.45) is 0 Å². The molecule has 0 unspecified atom stereocenters. The highest BCUT2D eigenvalue weighted by Gasteiger charge is 2.13. The highest BCUT2D eigenvalue weighted by atomic mass is 14.8. The van der Waals surface area contributed by atoms with Gasteiger partial charge in [0.15, 0.2) is 0 Å². The van der Waals surface area contributed by atoms with E-state index in [-0.39, 0.29) is 0 Å². The van der Waals surface area contributed by atoms with E-state index in [1.807, 2.05) is 33.9 Å². The predicted molar refractivity (Wildman–Crippen MR) is 90.4 cm³/mol. The zero-order valence-corrected chi connectivity index (χ0v) is 14.4. The Hall–Kier alpha value is -1.44. The fourth-order valence-electron chi connectivity index (χ4n) is 2.24. The third-order valence-corrected chi connectivity index (χ3v) is 2.96. The fourth-order valence-corrected chi connectivity index (χ4v) is 2.24. The van der Waals surface area contributed by atoms with E-state index in [2.05, 4.69) is 49.8 Å². The van der Waals surface area contributed by atoms with Gasteiger partial charge in [-0.05, 0) is 29.0 Å². The van der Waals surface area contributed by atoms with Gasteiger partial charge in [0.05, 0.1) is 5.52 Å². The molecule has 0 aliphatic rings. The summed E-state index contributed by atoms with van der Waals surface area (Å²) in [6.45, 7) is 16.9. The second kappa shape index (κ2) is 9.46. The maximum atomic E-state index is 4.31. The first-order valence-corrected chi connectivity index (χ1v) is 7.83. The summed E-state index contributed by atoms with van der Waals surface area (Å²) in [6, 6.07) is 4.30. The standard InChI is InChI=1S/C14H18N2.2C2H6/c1-9(2)11-5-6-13-12(7-15-8-16-13)14(11)10(3)4;2*1-2/h5-10H,1-4H3;2*1-2H3. The quantitative estimate of drug-likeness (QED) is 0.678. The average Bonchev–Trinajstić information content (AvgIpc) is 2.49. The van der Waals surface area contributed by atoms with Gasteiger partial charge in [-0.25, -0.2) is 9.97 Å². The summed E-state index contributed by atoms with van der Waals surface area (Å²) >= 11 is 0. The van der Waals surface area contributed by atoms with Crippen molar-refractivity contribution in [3.05, 3.63) is 35.8 Å². The summed E-state index contributed by atoms with van der Waals surface area (Å²) in [5, 5.41) is 1.20. The van der Waals surface area contributed by atoms with Crippen LogP contribution >= 0.6 is 0 Å². The molecule has 0 bridgehead atoms. The Labute approximate surface area is 124 Å². The van der Waals surface area contributed by atoms with E-state index >= 15 is 0 Å². The lowest BCUT2D eigenvalue weighted by Gasteiger charge is -2.17. The smallest absolute Gasteiger partial charge is 0.116 e. The lowest BCUT2D eigenvalue weighted by molar-refractivity contribution is 0.797. The molecule has 2 rings (SSSR count). The molecule has 112 valence electrons. The largest absolute Gasteiger partial charge is 0.244 e. The molecule has 0 radical (unpaired) electrons. The highest BCUT2D eigenvalue weighted by molar-refractivity contribution is 5.83. The molecule has 2 aromatic rings. The van der Waals surface area contributed by atoms with Crippen LogP contribution in [0.3, 0.4) is 0 Å². The number of hydrogen-bond donors (Lipinski definition) is 0. The van der Waals surface area contributed by atoms with E-state index in [0.717, 1.165) is 5.52 Å². The summed E-state index contributed by atoms with van der Waals surface area (Å²) in [7, 11) is 0. The molecule has 1 heterocycles. The van der Waals surface area contributed by atoms with Gasteiger partial charge in [0.25, 0.3) is 0 Å². The maximum Gasteiger partial charge on any atom is 0.116 e. The van der Waals surface area contributed by atoms with Crippen molar-refractivity contribution in [1.82, 2.24) is 9.97 Å². The van der Waals surface area contributed by atoms with E-state index in [1.54, 1.807) is 6.33 Å². The third kappa shape index (κ3) is 4.29. The van der Waals surface area contributed by atoms with Crippen LogP contribution in [0.15, 0.2) is 24.7 Å². The van der Waals surface area contributed by atoms with Gasteiger partial charge in [-0.1, -0.05) is 61.5 Å². The number of rotatable bonds is 2. The van der Waals surface area contributed by atoms with Gasteiger partial charge >= 0.3 is 0 Å². The molecular formula is C18H30N2. The molecular weight excluding hydrogens is 244 g/mol. The predicted octanol–water partition coefficient (Wildman–Crippen LogP) is 5.93. The van der Waals surface area contributed by atoms with Crippen LogP contribution in [0.5, 0.6) is 0 Å². The van der Waals surface area contributed by atoms with Crippen LogP contribution in [0.25, 0.3) is 10.9 Å². The number of nitrogens with zero attached hydrogens (tertiary/aromatic N) is 2. The Kier molecular flexibility index (Phi) is 8.78. The van der Waals surface area contributed by atoms with Gasteiger partial charge in [0, 0.05) is 11.6 Å². The molecule has 1 aromatic carbocycles. The molecule has 0 saturated heterocycles. The molecule has 0 aliphatic carbocycles. The SMILES string of the molecule is CC.CC.CC(C)c1ccc2ncncc2c1C(C)C. The molecule has 0 atom stereocenters. The van der Waals surface area contributed by atoms with Crippen molar-refractivity contribution in [2.75, 3.05) is 0 Å². The van der Waals surface area contributed by atoms with Crippen molar-refractivity contribution in [1.29, 1.82) is 0 Å². The zero-order valence-electron chi connectivity index (χ0n) is 14.4. The summed E-state index contributed by atoms with van der Waals surface area (Å²) in [6.07, 6.45) is 3.55. The molecule has 2 heteroatoms. The first-order chi connectivity index (χ1) is 9.61.